The van der Waals surface area contributed by atoms with Crippen LogP contribution >= 0.6 is 63.7 Å². The third-order valence-electron chi connectivity index (χ3n) is 1.97. The molecule has 0 saturated heterocycles. The van der Waals surface area contributed by atoms with Gasteiger partial charge in [0, 0.05) is 10.1 Å². The average Bonchev–Trinajstić information content (AvgIpc) is 2.09. The quantitative estimate of drug-likeness (QED) is 0.488. The van der Waals surface area contributed by atoms with Crippen LogP contribution in [0.2, 0.25) is 0 Å². The number of rotatable bonds is 1. The average molecular weight is 454 g/mol. The highest BCUT2D eigenvalue weighted by Crippen LogP contribution is 2.50. The highest BCUT2D eigenvalue weighted by Gasteiger charge is 2.42. The summed E-state index contributed by atoms with van der Waals surface area (Å²) in [4.78, 5) is 10.8. The third kappa shape index (κ3) is 2.09. The lowest BCUT2D eigenvalue weighted by Gasteiger charge is -2.33. The van der Waals surface area contributed by atoms with E-state index in [0.29, 0.717) is 10.8 Å². The minimum Gasteiger partial charge on any atom is -0.370 e. The highest BCUT2D eigenvalue weighted by molar-refractivity contribution is 9.25. The van der Waals surface area contributed by atoms with Crippen molar-refractivity contribution in [3.05, 3.63) is 21.7 Å². The number of halogens is 4. The van der Waals surface area contributed by atoms with Gasteiger partial charge in [-0.15, -0.1) is 0 Å². The van der Waals surface area contributed by atoms with Gasteiger partial charge in [-0.3, -0.25) is 4.79 Å². The minimum atomic E-state index is -1.43. The number of carbonyl (C=O) groups is 1. The maximum absolute atomic E-state index is 10.8. The van der Waals surface area contributed by atoms with E-state index in [4.69, 9.17) is 0 Å². The Morgan fingerprint density at radius 3 is 2.36 bits per heavy atom. The number of hydrogen-bond acceptors (Lipinski definition) is 2. The number of aldehydes is 1. The molecule has 1 atom stereocenters. The summed E-state index contributed by atoms with van der Waals surface area (Å²) in [6, 6.07) is 0. The number of aliphatic hydroxyl groups is 1. The van der Waals surface area contributed by atoms with Crippen molar-refractivity contribution < 1.29 is 9.90 Å². The lowest BCUT2D eigenvalue weighted by Crippen LogP contribution is -2.33. The Morgan fingerprint density at radius 2 is 1.93 bits per heavy atom. The maximum atomic E-state index is 10.8. The molecule has 0 aromatic carbocycles. The SMILES string of the molecule is CC1=C(Br)C(O)(Br)C(C=O)=CC1(Br)Br. The Hall–Kier alpha value is 1.03. The van der Waals surface area contributed by atoms with Crippen LogP contribution in [0.5, 0.6) is 0 Å². The van der Waals surface area contributed by atoms with E-state index >= 15 is 0 Å². The first-order valence-electron chi connectivity index (χ1n) is 3.58. The number of hydrogen-bond donors (Lipinski definition) is 1. The highest BCUT2D eigenvalue weighted by atomic mass is 79.9. The van der Waals surface area contributed by atoms with Crippen molar-refractivity contribution >= 4 is 70.0 Å². The molecular weight excluding hydrogens is 448 g/mol. The van der Waals surface area contributed by atoms with Crippen LogP contribution in [0.1, 0.15) is 6.92 Å². The Morgan fingerprint density at radius 1 is 1.43 bits per heavy atom. The second kappa shape index (κ2) is 4.13. The Balaban J connectivity index is 3.37. The van der Waals surface area contributed by atoms with Crippen LogP contribution in [0.15, 0.2) is 21.7 Å². The van der Waals surface area contributed by atoms with Crippen LogP contribution in [0.25, 0.3) is 0 Å². The first-order valence-corrected chi connectivity index (χ1v) is 6.75. The molecule has 0 aromatic heterocycles. The molecule has 0 fully saturated rings. The fraction of sp³-hybridized carbons (Fsp3) is 0.375. The molecule has 0 aromatic rings. The lowest BCUT2D eigenvalue weighted by molar-refractivity contribution is -0.105. The van der Waals surface area contributed by atoms with E-state index < -0.39 is 7.74 Å². The molecule has 0 bridgehead atoms. The van der Waals surface area contributed by atoms with Crippen molar-refractivity contribution in [3.63, 3.8) is 0 Å². The first-order chi connectivity index (χ1) is 6.23. The molecule has 0 saturated carbocycles. The van der Waals surface area contributed by atoms with Crippen LogP contribution in [0.3, 0.4) is 0 Å². The van der Waals surface area contributed by atoms with Crippen molar-refractivity contribution in [2.24, 2.45) is 0 Å². The molecule has 1 unspecified atom stereocenters. The van der Waals surface area contributed by atoms with Crippen molar-refractivity contribution in [1.29, 1.82) is 0 Å². The van der Waals surface area contributed by atoms with Gasteiger partial charge in [-0.1, -0.05) is 47.8 Å². The Kier molecular flexibility index (Phi) is 3.86. The van der Waals surface area contributed by atoms with E-state index in [9.17, 15) is 9.90 Å². The summed E-state index contributed by atoms with van der Waals surface area (Å²) in [7, 11) is 0. The fourth-order valence-electron chi connectivity index (χ4n) is 1.03. The van der Waals surface area contributed by atoms with E-state index in [1.807, 2.05) is 6.92 Å². The molecule has 0 aliphatic heterocycles. The summed E-state index contributed by atoms with van der Waals surface area (Å²) in [5.74, 6) is 0. The number of allylic oxidation sites excluding steroid dienone is 2. The molecule has 1 aliphatic carbocycles. The molecule has 6 heteroatoms. The monoisotopic (exact) mass is 450 g/mol. The Labute approximate surface area is 115 Å². The molecule has 2 nitrogen and oxygen atoms in total. The van der Waals surface area contributed by atoms with E-state index in [0.717, 1.165) is 5.57 Å². The van der Waals surface area contributed by atoms with Crippen molar-refractivity contribution in [2.75, 3.05) is 0 Å². The van der Waals surface area contributed by atoms with Crippen LogP contribution in [-0.4, -0.2) is 19.1 Å². The number of carbonyl (C=O) groups excluding carboxylic acids is 1. The molecule has 1 N–H and O–H groups in total. The topological polar surface area (TPSA) is 37.3 Å². The zero-order valence-corrected chi connectivity index (χ0v) is 13.4. The second-order valence-corrected chi connectivity index (χ2v) is 8.41. The van der Waals surface area contributed by atoms with Crippen LogP contribution in [-0.2, 0) is 4.79 Å². The maximum Gasteiger partial charge on any atom is 0.180 e. The molecule has 0 radical (unpaired) electrons. The second-order valence-electron chi connectivity index (χ2n) is 2.90. The van der Waals surface area contributed by atoms with Crippen LogP contribution in [0, 0.1) is 0 Å². The van der Waals surface area contributed by atoms with Gasteiger partial charge >= 0.3 is 0 Å². The van der Waals surface area contributed by atoms with Gasteiger partial charge in [-0.2, -0.15) is 0 Å². The largest absolute Gasteiger partial charge is 0.370 e. The molecule has 0 heterocycles. The first kappa shape index (κ1) is 13.1. The lowest BCUT2D eigenvalue weighted by atomic mass is 9.98. The summed E-state index contributed by atoms with van der Waals surface area (Å²) in [6.45, 7) is 1.83. The summed E-state index contributed by atoms with van der Waals surface area (Å²) in [5, 5.41) is 9.98. The fourth-order valence-corrected chi connectivity index (χ4v) is 3.50. The van der Waals surface area contributed by atoms with Gasteiger partial charge in [0.2, 0.25) is 0 Å². The predicted molar refractivity (Wildman–Crippen MR) is 70.2 cm³/mol. The van der Waals surface area contributed by atoms with Crippen LogP contribution in [0.4, 0.5) is 0 Å². The molecule has 0 amide bonds. The van der Waals surface area contributed by atoms with E-state index in [-0.39, 0.29) is 5.57 Å². The van der Waals surface area contributed by atoms with Crippen molar-refractivity contribution in [3.8, 4) is 0 Å². The third-order valence-corrected chi connectivity index (χ3v) is 6.17. The number of alkyl halides is 3. The van der Waals surface area contributed by atoms with Gasteiger partial charge in [0.15, 0.2) is 4.51 Å². The molecule has 1 rings (SSSR count). The molecular formula is C8H6Br4O2. The van der Waals surface area contributed by atoms with Gasteiger partial charge in [0.05, 0.1) is 0 Å². The van der Waals surface area contributed by atoms with Gasteiger partial charge in [0.25, 0.3) is 0 Å². The minimum absolute atomic E-state index is 0.240. The predicted octanol–water partition coefficient (Wildman–Crippen LogP) is 3.36. The van der Waals surface area contributed by atoms with Gasteiger partial charge in [-0.05, 0) is 34.5 Å². The van der Waals surface area contributed by atoms with E-state index in [1.54, 1.807) is 6.08 Å². The zero-order valence-electron chi connectivity index (χ0n) is 7.02. The van der Waals surface area contributed by atoms with Crippen molar-refractivity contribution in [1.82, 2.24) is 0 Å². The normalized spacial score (nSPS) is 31.4. The standard InChI is InChI=1S/C8H6Br4O2/c1-4-6(9)8(12,14)5(3-13)2-7(4,10)11/h2-3,14H,1H3. The van der Waals surface area contributed by atoms with Gasteiger partial charge in [-0.25, -0.2) is 0 Å². The molecule has 1 aliphatic rings. The molecule has 0 spiro atoms. The molecule has 14 heavy (non-hydrogen) atoms. The van der Waals surface area contributed by atoms with E-state index in [1.165, 1.54) is 0 Å². The van der Waals surface area contributed by atoms with Gasteiger partial charge < -0.3 is 5.11 Å². The van der Waals surface area contributed by atoms with Crippen molar-refractivity contribution in [2.45, 2.75) is 14.7 Å². The summed E-state index contributed by atoms with van der Waals surface area (Å²) in [6.07, 6.45) is 2.22. The van der Waals surface area contributed by atoms with Gasteiger partial charge in [0.1, 0.15) is 9.52 Å². The zero-order chi connectivity index (χ0) is 11.1. The molecule has 78 valence electrons. The summed E-state index contributed by atoms with van der Waals surface area (Å²) in [5.41, 5.74) is 1.08. The van der Waals surface area contributed by atoms with Crippen LogP contribution < -0.4 is 0 Å². The Bertz CT molecular complexity index is 337. The summed E-state index contributed by atoms with van der Waals surface area (Å²) < 4.78 is -1.50. The summed E-state index contributed by atoms with van der Waals surface area (Å²) >= 11 is 13.1. The smallest absolute Gasteiger partial charge is 0.180 e. The van der Waals surface area contributed by atoms with E-state index in [2.05, 4.69) is 63.7 Å².